The Kier molecular flexibility index (Phi) is 8.72. The lowest BCUT2D eigenvalue weighted by molar-refractivity contribution is 0.291. The maximum absolute atomic E-state index is 3.33. The predicted octanol–water partition coefficient (Wildman–Crippen LogP) is 8.27. The van der Waals surface area contributed by atoms with Crippen LogP contribution in [0.2, 0.25) is 0 Å². The summed E-state index contributed by atoms with van der Waals surface area (Å²) in [5, 5.41) is 0. The quantitative estimate of drug-likeness (QED) is 0.438. The van der Waals surface area contributed by atoms with Crippen molar-refractivity contribution in [1.82, 2.24) is 0 Å². The van der Waals surface area contributed by atoms with E-state index in [0.717, 1.165) is 29.2 Å². The molecule has 0 nitrogen and oxygen atoms in total. The highest BCUT2D eigenvalue weighted by Gasteiger charge is 2.21. The number of rotatable bonds is 6. The molecule has 0 amide bonds. The van der Waals surface area contributed by atoms with Gasteiger partial charge < -0.3 is 0 Å². The Balaban J connectivity index is 1.43. The van der Waals surface area contributed by atoms with Crippen LogP contribution >= 0.6 is 0 Å². The summed E-state index contributed by atoms with van der Waals surface area (Å²) in [6.45, 7) is 4.64. The third kappa shape index (κ3) is 6.55. The van der Waals surface area contributed by atoms with Crippen LogP contribution in [-0.2, 0) is 0 Å². The van der Waals surface area contributed by atoms with Crippen molar-refractivity contribution in [3.05, 3.63) is 47.5 Å². The summed E-state index contributed by atoms with van der Waals surface area (Å²) in [6, 6.07) is 9.09. The van der Waals surface area contributed by atoms with E-state index in [1.165, 1.54) is 82.6 Å². The molecule has 0 spiro atoms. The van der Waals surface area contributed by atoms with Crippen LogP contribution in [0, 0.1) is 29.6 Å². The second-order valence-electron chi connectivity index (χ2n) is 9.30. The molecule has 2 saturated carbocycles. The minimum Gasteiger partial charge on any atom is -0.0730 e. The molecule has 0 N–H and O–H groups in total. The molecule has 28 heavy (non-hydrogen) atoms. The largest absolute Gasteiger partial charge is 0.0730 e. The molecule has 152 valence electrons. The average Bonchev–Trinajstić information content (AvgIpc) is 2.76. The van der Waals surface area contributed by atoms with Crippen molar-refractivity contribution in [2.75, 3.05) is 0 Å². The summed E-state index contributed by atoms with van der Waals surface area (Å²) >= 11 is 0. The topological polar surface area (TPSA) is 0 Å². The van der Waals surface area contributed by atoms with Gasteiger partial charge in [0.15, 0.2) is 0 Å². The number of benzene rings is 1. The summed E-state index contributed by atoms with van der Waals surface area (Å²) in [6.07, 6.45) is 21.2. The van der Waals surface area contributed by atoms with Gasteiger partial charge in [0, 0.05) is 5.56 Å². The molecule has 0 heterocycles. The van der Waals surface area contributed by atoms with Crippen molar-refractivity contribution in [3.8, 4) is 11.8 Å². The fourth-order valence-electron chi connectivity index (χ4n) is 5.21. The van der Waals surface area contributed by atoms with Gasteiger partial charge in [0.2, 0.25) is 0 Å². The van der Waals surface area contributed by atoms with Crippen molar-refractivity contribution < 1.29 is 0 Å². The summed E-state index contributed by atoms with van der Waals surface area (Å²) in [5.74, 6) is 10.1. The van der Waals surface area contributed by atoms with E-state index in [2.05, 4.69) is 62.1 Å². The van der Waals surface area contributed by atoms with Crippen molar-refractivity contribution in [2.45, 2.75) is 96.8 Å². The van der Waals surface area contributed by atoms with Crippen LogP contribution in [0.15, 0.2) is 36.4 Å². The Labute approximate surface area is 174 Å². The first-order chi connectivity index (χ1) is 13.8. The molecular formula is C28H40. The molecule has 2 aliphatic rings. The molecule has 1 aromatic carbocycles. The maximum atomic E-state index is 3.33. The van der Waals surface area contributed by atoms with Crippen LogP contribution in [0.5, 0.6) is 0 Å². The van der Waals surface area contributed by atoms with Gasteiger partial charge in [0.1, 0.15) is 0 Å². The Bertz CT molecular complexity index is 638. The van der Waals surface area contributed by atoms with Gasteiger partial charge in [-0.3, -0.25) is 0 Å². The minimum atomic E-state index is 0.757. The highest BCUT2D eigenvalue weighted by Crippen LogP contribution is 2.37. The Morgan fingerprint density at radius 2 is 1.54 bits per heavy atom. The van der Waals surface area contributed by atoms with Crippen LogP contribution in [0.4, 0.5) is 0 Å². The molecule has 0 aromatic heterocycles. The normalized spacial score (nSPS) is 28.1. The SMILES string of the molecule is CCCC[C@H]1CC[C@H](/C=C/C#Cc2ccc([C@H]3CC[C@H](CC)CC3)cc2)CC1. The second-order valence-corrected chi connectivity index (χ2v) is 9.30. The standard InChI is InChI=1S/C28H40/c1-3-5-8-24-11-13-25(14-12-24)9-6-7-10-26-17-21-28(22-18-26)27-19-15-23(4-2)16-20-27/h6,9,17-18,21-25,27H,3-5,8,11-16,19-20H2,1-2H3/b9-6+/t23-,24-,25-,27-. The fourth-order valence-corrected chi connectivity index (χ4v) is 5.21. The zero-order chi connectivity index (χ0) is 19.6. The minimum absolute atomic E-state index is 0.757. The van der Waals surface area contributed by atoms with E-state index in [1.54, 1.807) is 0 Å². The molecule has 0 unspecified atom stereocenters. The summed E-state index contributed by atoms with van der Waals surface area (Å²) < 4.78 is 0. The lowest BCUT2D eigenvalue weighted by atomic mass is 9.78. The van der Waals surface area contributed by atoms with Crippen LogP contribution in [-0.4, -0.2) is 0 Å². The Morgan fingerprint density at radius 3 is 2.18 bits per heavy atom. The van der Waals surface area contributed by atoms with Gasteiger partial charge in [0.05, 0.1) is 0 Å². The van der Waals surface area contributed by atoms with E-state index < -0.39 is 0 Å². The third-order valence-corrected chi connectivity index (χ3v) is 7.33. The maximum Gasteiger partial charge on any atom is 0.0249 e. The molecule has 3 rings (SSSR count). The van der Waals surface area contributed by atoms with Gasteiger partial charge in [0.25, 0.3) is 0 Å². The van der Waals surface area contributed by atoms with Crippen LogP contribution in [0.1, 0.15) is 108 Å². The van der Waals surface area contributed by atoms with E-state index in [-0.39, 0.29) is 0 Å². The van der Waals surface area contributed by atoms with Gasteiger partial charge in [-0.1, -0.05) is 69.6 Å². The first-order valence-electron chi connectivity index (χ1n) is 12.1. The summed E-state index contributed by atoms with van der Waals surface area (Å²) in [7, 11) is 0. The van der Waals surface area contributed by atoms with E-state index in [1.807, 2.05) is 0 Å². The van der Waals surface area contributed by atoms with Gasteiger partial charge >= 0.3 is 0 Å². The van der Waals surface area contributed by atoms with Crippen molar-refractivity contribution in [1.29, 1.82) is 0 Å². The number of unbranched alkanes of at least 4 members (excludes halogenated alkanes) is 1. The first kappa shape index (κ1) is 21.2. The van der Waals surface area contributed by atoms with Crippen LogP contribution < -0.4 is 0 Å². The molecular weight excluding hydrogens is 336 g/mol. The second kappa shape index (κ2) is 11.5. The van der Waals surface area contributed by atoms with Gasteiger partial charge in [-0.25, -0.2) is 0 Å². The highest BCUT2D eigenvalue weighted by molar-refractivity contribution is 5.39. The molecule has 1 aromatic rings. The molecule has 0 saturated heterocycles. The molecule has 2 aliphatic carbocycles. The Morgan fingerprint density at radius 1 is 0.857 bits per heavy atom. The zero-order valence-corrected chi connectivity index (χ0v) is 18.3. The smallest absolute Gasteiger partial charge is 0.0249 e. The van der Waals surface area contributed by atoms with E-state index in [9.17, 15) is 0 Å². The first-order valence-corrected chi connectivity index (χ1v) is 12.1. The number of allylic oxidation sites excluding steroid dienone is 2. The van der Waals surface area contributed by atoms with Crippen LogP contribution in [0.3, 0.4) is 0 Å². The predicted molar refractivity (Wildman–Crippen MR) is 122 cm³/mol. The number of hydrogen-bond donors (Lipinski definition) is 0. The molecule has 0 heteroatoms. The van der Waals surface area contributed by atoms with Crippen molar-refractivity contribution in [3.63, 3.8) is 0 Å². The molecule has 0 bridgehead atoms. The van der Waals surface area contributed by atoms with Gasteiger partial charge in [-0.15, -0.1) is 0 Å². The number of hydrogen-bond acceptors (Lipinski definition) is 0. The molecule has 0 radical (unpaired) electrons. The molecule has 2 fully saturated rings. The average molecular weight is 377 g/mol. The van der Waals surface area contributed by atoms with Crippen molar-refractivity contribution >= 4 is 0 Å². The van der Waals surface area contributed by atoms with E-state index in [4.69, 9.17) is 0 Å². The summed E-state index contributed by atoms with van der Waals surface area (Å²) in [4.78, 5) is 0. The van der Waals surface area contributed by atoms with E-state index >= 15 is 0 Å². The molecule has 0 atom stereocenters. The van der Waals surface area contributed by atoms with Gasteiger partial charge in [-0.05, 0) is 98.8 Å². The van der Waals surface area contributed by atoms with E-state index in [0.29, 0.717) is 0 Å². The van der Waals surface area contributed by atoms with Crippen molar-refractivity contribution in [2.24, 2.45) is 17.8 Å². The molecule has 0 aliphatic heterocycles. The zero-order valence-electron chi connectivity index (χ0n) is 18.3. The monoisotopic (exact) mass is 376 g/mol. The highest BCUT2D eigenvalue weighted by atomic mass is 14.3. The lowest BCUT2D eigenvalue weighted by Crippen LogP contribution is -2.12. The Hall–Kier alpha value is -1.48. The third-order valence-electron chi connectivity index (χ3n) is 7.33. The fraction of sp³-hybridized carbons (Fsp3) is 0.643. The van der Waals surface area contributed by atoms with Crippen LogP contribution in [0.25, 0.3) is 0 Å². The summed E-state index contributed by atoms with van der Waals surface area (Å²) in [5.41, 5.74) is 2.68. The van der Waals surface area contributed by atoms with Gasteiger partial charge in [-0.2, -0.15) is 0 Å². The lowest BCUT2D eigenvalue weighted by Gasteiger charge is -2.28.